The van der Waals surface area contributed by atoms with Gasteiger partial charge in [0.25, 0.3) is 0 Å². The summed E-state index contributed by atoms with van der Waals surface area (Å²) >= 11 is 0. The van der Waals surface area contributed by atoms with Crippen molar-refractivity contribution in [2.24, 2.45) is 0 Å². The minimum absolute atomic E-state index is 0.531. The number of piperidine rings is 1. The van der Waals surface area contributed by atoms with E-state index < -0.39 is 11.9 Å². The summed E-state index contributed by atoms with van der Waals surface area (Å²) in [7, 11) is 0. The molecule has 0 radical (unpaired) electrons. The number of fused-ring (bicyclic) bond motifs is 1. The summed E-state index contributed by atoms with van der Waals surface area (Å²) in [5.74, 6) is 0. The highest BCUT2D eigenvalue weighted by Crippen LogP contribution is 2.29. The topological polar surface area (TPSA) is 19.4 Å². The van der Waals surface area contributed by atoms with Gasteiger partial charge in [-0.05, 0) is 37.9 Å². The minimum Gasteiger partial charge on any atom is -0.369 e. The van der Waals surface area contributed by atoms with Crippen LogP contribution in [0.25, 0.3) is 0 Å². The standard InChI is InChI=1S/C15H20F3N3/c16-15(17,18)14-6-5-12(10-19-14)21-9-3-8-20-7-2-1-4-13(20)11-21/h5-6,10,13H,1-4,7-9,11H2. The van der Waals surface area contributed by atoms with Gasteiger partial charge >= 0.3 is 6.18 Å². The molecule has 2 aliphatic rings. The highest BCUT2D eigenvalue weighted by molar-refractivity contribution is 5.45. The molecular formula is C15H20F3N3. The smallest absolute Gasteiger partial charge is 0.369 e. The lowest BCUT2D eigenvalue weighted by molar-refractivity contribution is -0.141. The second-order valence-corrected chi connectivity index (χ2v) is 5.88. The molecule has 1 aromatic rings. The Morgan fingerprint density at radius 3 is 2.57 bits per heavy atom. The quantitative estimate of drug-likeness (QED) is 0.794. The van der Waals surface area contributed by atoms with Gasteiger partial charge in [-0.15, -0.1) is 0 Å². The Morgan fingerprint density at radius 1 is 1.05 bits per heavy atom. The van der Waals surface area contributed by atoms with Crippen molar-refractivity contribution in [1.29, 1.82) is 0 Å². The van der Waals surface area contributed by atoms with E-state index >= 15 is 0 Å². The number of aromatic nitrogens is 1. The van der Waals surface area contributed by atoms with E-state index in [-0.39, 0.29) is 0 Å². The van der Waals surface area contributed by atoms with E-state index in [0.717, 1.165) is 44.4 Å². The molecule has 116 valence electrons. The maximum atomic E-state index is 12.6. The summed E-state index contributed by atoms with van der Waals surface area (Å²) in [4.78, 5) is 8.29. The second-order valence-electron chi connectivity index (χ2n) is 5.88. The fourth-order valence-corrected chi connectivity index (χ4v) is 3.35. The zero-order valence-corrected chi connectivity index (χ0v) is 11.9. The van der Waals surface area contributed by atoms with Crippen LogP contribution >= 0.6 is 0 Å². The van der Waals surface area contributed by atoms with Crippen LogP contribution in [0.2, 0.25) is 0 Å². The van der Waals surface area contributed by atoms with Crippen LogP contribution in [0.3, 0.4) is 0 Å². The number of rotatable bonds is 1. The van der Waals surface area contributed by atoms with Gasteiger partial charge in [-0.25, -0.2) is 4.98 Å². The van der Waals surface area contributed by atoms with Gasteiger partial charge in [0.2, 0.25) is 0 Å². The van der Waals surface area contributed by atoms with Crippen LogP contribution in [-0.2, 0) is 6.18 Å². The number of halogens is 3. The van der Waals surface area contributed by atoms with Crippen LogP contribution in [0.5, 0.6) is 0 Å². The van der Waals surface area contributed by atoms with Crippen molar-refractivity contribution in [3.63, 3.8) is 0 Å². The number of hydrogen-bond donors (Lipinski definition) is 0. The molecule has 0 spiro atoms. The number of anilines is 1. The first-order valence-corrected chi connectivity index (χ1v) is 7.56. The Labute approximate surface area is 122 Å². The lowest BCUT2D eigenvalue weighted by Crippen LogP contribution is -2.44. The summed E-state index contributed by atoms with van der Waals surface area (Å²) in [6.07, 6.45) is 1.75. The van der Waals surface area contributed by atoms with Gasteiger partial charge in [0.05, 0.1) is 11.9 Å². The summed E-state index contributed by atoms with van der Waals surface area (Å²) < 4.78 is 37.7. The monoisotopic (exact) mass is 299 g/mol. The van der Waals surface area contributed by atoms with Crippen molar-refractivity contribution in [1.82, 2.24) is 9.88 Å². The van der Waals surface area contributed by atoms with E-state index in [4.69, 9.17) is 0 Å². The van der Waals surface area contributed by atoms with Gasteiger partial charge in [-0.1, -0.05) is 6.42 Å². The Balaban J connectivity index is 1.73. The van der Waals surface area contributed by atoms with Crippen molar-refractivity contribution in [2.75, 3.05) is 31.1 Å². The lowest BCUT2D eigenvalue weighted by atomic mass is 10.0. The number of alkyl halides is 3. The normalized spacial score (nSPS) is 24.5. The maximum Gasteiger partial charge on any atom is 0.433 e. The first-order valence-electron chi connectivity index (χ1n) is 7.56. The molecule has 2 aliphatic heterocycles. The molecule has 1 atom stereocenters. The molecule has 3 heterocycles. The molecule has 3 nitrogen and oxygen atoms in total. The van der Waals surface area contributed by atoms with E-state index in [0.29, 0.717) is 6.04 Å². The number of hydrogen-bond acceptors (Lipinski definition) is 3. The van der Waals surface area contributed by atoms with Gasteiger partial charge in [0.1, 0.15) is 5.69 Å². The van der Waals surface area contributed by atoms with E-state index in [9.17, 15) is 13.2 Å². The predicted molar refractivity (Wildman–Crippen MR) is 75.3 cm³/mol. The summed E-state index contributed by atoms with van der Waals surface area (Å²) in [5.41, 5.74) is -0.0178. The van der Waals surface area contributed by atoms with Crippen LogP contribution in [0, 0.1) is 0 Å². The van der Waals surface area contributed by atoms with Crippen molar-refractivity contribution >= 4 is 5.69 Å². The van der Waals surface area contributed by atoms with Crippen molar-refractivity contribution in [2.45, 2.75) is 37.9 Å². The summed E-state index contributed by atoms with van der Waals surface area (Å²) in [6.45, 7) is 4.03. The average Bonchev–Trinajstić information content (AvgIpc) is 2.68. The van der Waals surface area contributed by atoms with E-state index in [1.807, 2.05) is 0 Å². The Kier molecular flexibility index (Phi) is 4.06. The van der Waals surface area contributed by atoms with Crippen LogP contribution in [-0.4, -0.2) is 42.1 Å². The Morgan fingerprint density at radius 2 is 1.86 bits per heavy atom. The zero-order chi connectivity index (χ0) is 14.9. The minimum atomic E-state index is -4.36. The Hall–Kier alpha value is -1.30. The van der Waals surface area contributed by atoms with Gasteiger partial charge < -0.3 is 4.90 Å². The third-order valence-corrected chi connectivity index (χ3v) is 4.46. The van der Waals surface area contributed by atoms with Crippen LogP contribution in [0.1, 0.15) is 31.4 Å². The molecule has 0 amide bonds. The van der Waals surface area contributed by atoms with Crippen LogP contribution in [0.15, 0.2) is 18.3 Å². The zero-order valence-electron chi connectivity index (χ0n) is 11.9. The van der Waals surface area contributed by atoms with Gasteiger partial charge in [0, 0.05) is 25.7 Å². The molecule has 1 aromatic heterocycles. The SMILES string of the molecule is FC(F)(F)c1ccc(N2CCCN3CCCCC3C2)cn1. The molecule has 0 N–H and O–H groups in total. The largest absolute Gasteiger partial charge is 0.433 e. The average molecular weight is 299 g/mol. The van der Waals surface area contributed by atoms with Gasteiger partial charge in [0.15, 0.2) is 0 Å². The highest BCUT2D eigenvalue weighted by atomic mass is 19.4. The van der Waals surface area contributed by atoms with Crippen LogP contribution in [0.4, 0.5) is 18.9 Å². The lowest BCUT2D eigenvalue weighted by Gasteiger charge is -2.35. The van der Waals surface area contributed by atoms with Crippen LogP contribution < -0.4 is 4.90 Å². The van der Waals surface area contributed by atoms with Crippen molar-refractivity contribution < 1.29 is 13.2 Å². The number of pyridine rings is 1. The highest BCUT2D eigenvalue weighted by Gasteiger charge is 2.32. The summed E-state index contributed by atoms with van der Waals surface area (Å²) in [6, 6.07) is 3.16. The van der Waals surface area contributed by atoms with Crippen molar-refractivity contribution in [3.05, 3.63) is 24.0 Å². The molecule has 21 heavy (non-hydrogen) atoms. The molecule has 3 rings (SSSR count). The predicted octanol–water partition coefficient (Wildman–Crippen LogP) is 3.17. The molecule has 6 heteroatoms. The van der Waals surface area contributed by atoms with E-state index in [2.05, 4.69) is 14.8 Å². The van der Waals surface area contributed by atoms with Gasteiger partial charge in [-0.3, -0.25) is 4.90 Å². The maximum absolute atomic E-state index is 12.6. The first kappa shape index (κ1) is 14.6. The molecule has 0 bridgehead atoms. The molecule has 2 fully saturated rings. The molecule has 0 aromatic carbocycles. The third kappa shape index (κ3) is 3.31. The van der Waals surface area contributed by atoms with E-state index in [1.54, 1.807) is 6.07 Å². The summed E-state index contributed by atoms with van der Waals surface area (Å²) in [5, 5.41) is 0. The number of nitrogens with zero attached hydrogens (tertiary/aromatic N) is 3. The van der Waals surface area contributed by atoms with E-state index in [1.165, 1.54) is 25.5 Å². The Bertz CT molecular complexity index is 472. The first-order chi connectivity index (χ1) is 10.0. The van der Waals surface area contributed by atoms with Gasteiger partial charge in [-0.2, -0.15) is 13.2 Å². The molecular weight excluding hydrogens is 279 g/mol. The fraction of sp³-hybridized carbons (Fsp3) is 0.667. The fourth-order valence-electron chi connectivity index (χ4n) is 3.35. The second kappa shape index (κ2) is 5.83. The molecule has 0 aliphatic carbocycles. The molecule has 2 saturated heterocycles. The van der Waals surface area contributed by atoms with Crippen molar-refractivity contribution in [3.8, 4) is 0 Å². The molecule has 0 saturated carbocycles. The molecule has 1 unspecified atom stereocenters. The third-order valence-electron chi connectivity index (χ3n) is 4.46.